The number of alkyl halides is 3. The van der Waals surface area contributed by atoms with Crippen molar-refractivity contribution in [3.8, 4) is 0 Å². The molecule has 2 N–H and O–H groups in total. The van der Waals surface area contributed by atoms with E-state index in [1.54, 1.807) is 0 Å². The van der Waals surface area contributed by atoms with Crippen molar-refractivity contribution in [2.24, 2.45) is 5.41 Å². The van der Waals surface area contributed by atoms with Gasteiger partial charge in [0, 0.05) is 22.6 Å². The predicted molar refractivity (Wildman–Crippen MR) is 75.5 cm³/mol. The second-order valence-electron chi connectivity index (χ2n) is 4.77. The first-order valence-corrected chi connectivity index (χ1v) is 7.14. The highest BCUT2D eigenvalue weighted by atomic mass is 79.9. The molecule has 0 fully saturated rings. The van der Waals surface area contributed by atoms with Crippen LogP contribution in [0, 0.1) is 5.41 Å². The first-order valence-electron chi connectivity index (χ1n) is 6.35. The molecule has 0 bridgehead atoms. The van der Waals surface area contributed by atoms with Crippen LogP contribution >= 0.6 is 15.9 Å². The molecule has 0 saturated carbocycles. The fourth-order valence-corrected chi connectivity index (χ4v) is 2.18. The van der Waals surface area contributed by atoms with Gasteiger partial charge in [-0.3, -0.25) is 0 Å². The monoisotopic (exact) mass is 354 g/mol. The van der Waals surface area contributed by atoms with E-state index in [4.69, 9.17) is 0 Å². The summed E-state index contributed by atoms with van der Waals surface area (Å²) in [6.45, 7) is 3.97. The Morgan fingerprint density at radius 3 is 2.35 bits per heavy atom. The van der Waals surface area contributed by atoms with E-state index in [0.29, 0.717) is 12.8 Å². The van der Waals surface area contributed by atoms with Gasteiger partial charge in [0.2, 0.25) is 0 Å². The summed E-state index contributed by atoms with van der Waals surface area (Å²) in [4.78, 5) is 3.79. The van der Waals surface area contributed by atoms with Crippen molar-refractivity contribution >= 4 is 21.7 Å². The minimum absolute atomic E-state index is 0.0785. The molecule has 1 aromatic heterocycles. The van der Waals surface area contributed by atoms with Gasteiger partial charge in [0.15, 0.2) is 0 Å². The number of nitrogens with one attached hydrogen (secondary N) is 1. The van der Waals surface area contributed by atoms with Crippen LogP contribution in [0.5, 0.6) is 0 Å². The molecule has 0 aliphatic rings. The number of pyridine rings is 1. The molecular weight excluding hydrogens is 337 g/mol. The Labute approximate surface area is 124 Å². The third-order valence-electron chi connectivity index (χ3n) is 3.63. The molecule has 3 nitrogen and oxygen atoms in total. The molecule has 7 heteroatoms. The van der Waals surface area contributed by atoms with Crippen LogP contribution < -0.4 is 5.32 Å². The van der Waals surface area contributed by atoms with E-state index in [9.17, 15) is 18.3 Å². The lowest BCUT2D eigenvalue weighted by Crippen LogP contribution is -2.33. The van der Waals surface area contributed by atoms with Gasteiger partial charge in [-0.1, -0.05) is 13.8 Å². The third-order valence-corrected chi connectivity index (χ3v) is 4.06. The zero-order valence-electron chi connectivity index (χ0n) is 11.4. The standard InChI is InChI=1S/C13H18BrF3N2O/c1-3-12(4-2,8-20)7-19-11-10(13(15,16)17)5-9(14)6-18-11/h5-6,20H,3-4,7-8H2,1-2H3,(H,18,19). The maximum atomic E-state index is 12.9. The zero-order chi connectivity index (χ0) is 15.4. The van der Waals surface area contributed by atoms with Gasteiger partial charge in [-0.05, 0) is 34.8 Å². The Morgan fingerprint density at radius 1 is 1.30 bits per heavy atom. The SMILES string of the molecule is CCC(CC)(CO)CNc1ncc(Br)cc1C(F)(F)F. The predicted octanol–water partition coefficient (Wildman–Crippen LogP) is 4.07. The molecule has 0 spiro atoms. The second-order valence-corrected chi connectivity index (χ2v) is 5.68. The van der Waals surface area contributed by atoms with Crippen LogP contribution in [0.2, 0.25) is 0 Å². The summed E-state index contributed by atoms with van der Waals surface area (Å²) < 4.78 is 39.1. The van der Waals surface area contributed by atoms with E-state index in [-0.39, 0.29) is 23.4 Å². The molecule has 0 amide bonds. The average molecular weight is 355 g/mol. The number of hydrogen-bond acceptors (Lipinski definition) is 3. The van der Waals surface area contributed by atoms with Crippen molar-refractivity contribution < 1.29 is 18.3 Å². The van der Waals surface area contributed by atoms with Gasteiger partial charge in [0.05, 0.1) is 12.2 Å². The summed E-state index contributed by atoms with van der Waals surface area (Å²) in [6, 6.07) is 0.994. The van der Waals surface area contributed by atoms with Crippen LogP contribution in [0.1, 0.15) is 32.3 Å². The van der Waals surface area contributed by atoms with Crippen LogP contribution in [0.3, 0.4) is 0 Å². The number of rotatable bonds is 6. The summed E-state index contributed by atoms with van der Waals surface area (Å²) in [6.07, 6.45) is -1.81. The first-order chi connectivity index (χ1) is 9.28. The van der Waals surface area contributed by atoms with Crippen molar-refractivity contribution in [1.29, 1.82) is 0 Å². The minimum Gasteiger partial charge on any atom is -0.396 e. The van der Waals surface area contributed by atoms with Gasteiger partial charge in [0.25, 0.3) is 0 Å². The highest BCUT2D eigenvalue weighted by Crippen LogP contribution is 2.36. The average Bonchev–Trinajstić information content (AvgIpc) is 2.41. The second kappa shape index (κ2) is 6.76. The molecule has 1 heterocycles. The molecule has 114 valence electrons. The quantitative estimate of drug-likeness (QED) is 0.809. The maximum absolute atomic E-state index is 12.9. The van der Waals surface area contributed by atoms with E-state index in [1.807, 2.05) is 13.8 Å². The molecule has 0 atom stereocenters. The summed E-state index contributed by atoms with van der Waals surface area (Å²) >= 11 is 2.99. The van der Waals surface area contributed by atoms with Gasteiger partial charge in [0.1, 0.15) is 5.82 Å². The van der Waals surface area contributed by atoms with Crippen molar-refractivity contribution in [3.63, 3.8) is 0 Å². The lowest BCUT2D eigenvalue weighted by Gasteiger charge is -2.30. The van der Waals surface area contributed by atoms with Crippen molar-refractivity contribution in [2.45, 2.75) is 32.9 Å². The molecule has 0 saturated heterocycles. The van der Waals surface area contributed by atoms with Gasteiger partial charge < -0.3 is 10.4 Å². The van der Waals surface area contributed by atoms with E-state index < -0.39 is 17.2 Å². The number of aliphatic hydroxyl groups is 1. The lowest BCUT2D eigenvalue weighted by atomic mass is 9.83. The molecule has 20 heavy (non-hydrogen) atoms. The van der Waals surface area contributed by atoms with Crippen LogP contribution in [-0.4, -0.2) is 23.2 Å². The Kier molecular flexibility index (Phi) is 5.82. The number of halogens is 4. The number of aliphatic hydroxyl groups excluding tert-OH is 1. The fraction of sp³-hybridized carbons (Fsp3) is 0.615. The minimum atomic E-state index is -4.47. The molecule has 0 radical (unpaired) electrons. The summed E-state index contributed by atoms with van der Waals surface area (Å²) in [7, 11) is 0. The number of nitrogens with zero attached hydrogens (tertiary/aromatic N) is 1. The summed E-state index contributed by atoms with van der Waals surface area (Å²) in [5, 5.41) is 12.2. The highest BCUT2D eigenvalue weighted by Gasteiger charge is 2.35. The lowest BCUT2D eigenvalue weighted by molar-refractivity contribution is -0.137. The molecule has 0 aromatic carbocycles. The third kappa shape index (κ3) is 4.09. The largest absolute Gasteiger partial charge is 0.419 e. The first kappa shape index (κ1) is 17.2. The van der Waals surface area contributed by atoms with Gasteiger partial charge >= 0.3 is 6.18 Å². The summed E-state index contributed by atoms with van der Waals surface area (Å²) in [5.41, 5.74) is -1.25. The number of aromatic nitrogens is 1. The van der Waals surface area contributed by atoms with Crippen molar-refractivity contribution in [3.05, 3.63) is 22.3 Å². The molecule has 0 aliphatic carbocycles. The van der Waals surface area contributed by atoms with Crippen molar-refractivity contribution in [2.75, 3.05) is 18.5 Å². The molecule has 0 unspecified atom stereocenters. The molecule has 0 aliphatic heterocycles. The smallest absolute Gasteiger partial charge is 0.396 e. The zero-order valence-corrected chi connectivity index (χ0v) is 13.0. The Bertz CT molecular complexity index is 439. The Balaban J connectivity index is 2.98. The Morgan fingerprint density at radius 2 is 1.90 bits per heavy atom. The normalized spacial score (nSPS) is 12.6. The molecule has 1 rings (SSSR count). The van der Waals surface area contributed by atoms with Crippen molar-refractivity contribution in [1.82, 2.24) is 4.98 Å². The van der Waals surface area contributed by atoms with Gasteiger partial charge in [-0.15, -0.1) is 0 Å². The van der Waals surface area contributed by atoms with E-state index in [2.05, 4.69) is 26.2 Å². The van der Waals surface area contributed by atoms with Gasteiger partial charge in [-0.25, -0.2) is 4.98 Å². The van der Waals surface area contributed by atoms with E-state index in [1.165, 1.54) is 6.20 Å². The van der Waals surface area contributed by atoms with Crippen LogP contribution in [0.4, 0.5) is 19.0 Å². The van der Waals surface area contributed by atoms with Crippen LogP contribution in [0.25, 0.3) is 0 Å². The Hall–Kier alpha value is -0.820. The van der Waals surface area contributed by atoms with E-state index in [0.717, 1.165) is 6.07 Å². The highest BCUT2D eigenvalue weighted by molar-refractivity contribution is 9.10. The van der Waals surface area contributed by atoms with E-state index >= 15 is 0 Å². The summed E-state index contributed by atoms with van der Waals surface area (Å²) in [5.74, 6) is -0.208. The molecule has 1 aromatic rings. The van der Waals surface area contributed by atoms with Gasteiger partial charge in [-0.2, -0.15) is 13.2 Å². The number of hydrogen-bond donors (Lipinski definition) is 2. The number of anilines is 1. The van der Waals surface area contributed by atoms with Crippen LogP contribution in [0.15, 0.2) is 16.7 Å². The fourth-order valence-electron chi connectivity index (χ4n) is 1.85. The maximum Gasteiger partial charge on any atom is 0.419 e. The molecular formula is C13H18BrF3N2O. The van der Waals surface area contributed by atoms with Crippen LogP contribution in [-0.2, 0) is 6.18 Å². The topological polar surface area (TPSA) is 45.1 Å².